The number of para-hydroxylation sites is 1. The third-order valence-electron chi connectivity index (χ3n) is 6.43. The summed E-state index contributed by atoms with van der Waals surface area (Å²) in [6.07, 6.45) is 9.93. The second-order valence-electron chi connectivity index (χ2n) is 9.41. The summed E-state index contributed by atoms with van der Waals surface area (Å²) in [5.74, 6) is 0.572. The lowest BCUT2D eigenvalue weighted by atomic mass is 9.98. The van der Waals surface area contributed by atoms with Crippen LogP contribution in [0.5, 0.6) is 0 Å². The fourth-order valence-electron chi connectivity index (χ4n) is 4.65. The number of thioether (sulfide) groups is 1. The highest BCUT2D eigenvalue weighted by atomic mass is 32.2. The van der Waals surface area contributed by atoms with Gasteiger partial charge in [-0.3, -0.25) is 9.59 Å². The number of hydrogen-bond donors (Lipinski definition) is 3. The van der Waals surface area contributed by atoms with Crippen LogP contribution in [0.25, 0.3) is 0 Å². The number of rotatable bonds is 6. The second-order valence-corrected chi connectivity index (χ2v) is 10.6. The Morgan fingerprint density at radius 1 is 1.23 bits per heavy atom. The summed E-state index contributed by atoms with van der Waals surface area (Å²) in [5, 5.41) is 10.0. The lowest BCUT2D eigenvalue weighted by molar-refractivity contribution is -0.128. The van der Waals surface area contributed by atoms with Crippen molar-refractivity contribution in [2.75, 3.05) is 5.32 Å². The average molecular weight is 440 g/mol. The molecule has 166 valence electrons. The summed E-state index contributed by atoms with van der Waals surface area (Å²) in [5.41, 5.74) is 1.72. The van der Waals surface area contributed by atoms with Gasteiger partial charge < -0.3 is 16.0 Å². The van der Waals surface area contributed by atoms with E-state index in [0.717, 1.165) is 24.9 Å². The van der Waals surface area contributed by atoms with E-state index in [4.69, 9.17) is 0 Å². The van der Waals surface area contributed by atoms with Crippen LogP contribution in [0.3, 0.4) is 0 Å². The Labute approximate surface area is 189 Å². The highest BCUT2D eigenvalue weighted by Crippen LogP contribution is 2.40. The normalized spacial score (nSPS) is 27.5. The molecule has 0 radical (unpaired) electrons. The van der Waals surface area contributed by atoms with Crippen molar-refractivity contribution >= 4 is 29.3 Å². The molecule has 5 nitrogen and oxygen atoms in total. The number of anilines is 1. The largest absolute Gasteiger partial charge is 0.376 e. The monoisotopic (exact) mass is 439 g/mol. The Hall–Kier alpha value is -2.21. The molecule has 1 aromatic rings. The standard InChI is InChI=1S/C25H33N3O2S/c1-15(2)13-21(25(30)27-18-9-6-7-16(18)3)28-24(29)17-11-12-23-20(14-17)26-19-8-4-5-10-22(19)31-23/h4-5,8,10-12,14-16,18,20-21,23,26H,6-7,9,13H2,1-3H3,(H,27,30)(H,28,29)/t16-,18+,20?,21-,23?/m1/s1. The smallest absolute Gasteiger partial charge is 0.251 e. The SMILES string of the molecule is CC(C)C[C@@H](NC(=O)C1=CC2Nc3ccccc3SC2C=C1)C(=O)N[C@H]1CCC[C@H]1C. The fourth-order valence-corrected chi connectivity index (χ4v) is 5.81. The van der Waals surface area contributed by atoms with Gasteiger partial charge in [-0.15, -0.1) is 11.8 Å². The maximum Gasteiger partial charge on any atom is 0.251 e. The maximum atomic E-state index is 13.1. The van der Waals surface area contributed by atoms with Gasteiger partial charge >= 0.3 is 0 Å². The topological polar surface area (TPSA) is 70.2 Å². The van der Waals surface area contributed by atoms with E-state index in [1.54, 1.807) is 0 Å². The van der Waals surface area contributed by atoms with E-state index < -0.39 is 6.04 Å². The second kappa shape index (κ2) is 9.51. The van der Waals surface area contributed by atoms with Crippen LogP contribution in [-0.2, 0) is 9.59 Å². The molecule has 3 N–H and O–H groups in total. The number of amides is 2. The van der Waals surface area contributed by atoms with Crippen molar-refractivity contribution in [3.63, 3.8) is 0 Å². The number of carbonyl (C=O) groups is 2. The molecule has 31 heavy (non-hydrogen) atoms. The van der Waals surface area contributed by atoms with Gasteiger partial charge in [0.2, 0.25) is 5.91 Å². The lowest BCUT2D eigenvalue weighted by Crippen LogP contribution is -2.51. The Bertz CT molecular complexity index is 895. The molecular formula is C25H33N3O2S. The Morgan fingerprint density at radius 3 is 2.77 bits per heavy atom. The van der Waals surface area contributed by atoms with Gasteiger partial charge in [-0.25, -0.2) is 0 Å². The van der Waals surface area contributed by atoms with E-state index in [0.29, 0.717) is 23.8 Å². The van der Waals surface area contributed by atoms with Crippen LogP contribution in [0.2, 0.25) is 0 Å². The summed E-state index contributed by atoms with van der Waals surface area (Å²) in [4.78, 5) is 27.3. The summed E-state index contributed by atoms with van der Waals surface area (Å²) >= 11 is 1.81. The molecule has 2 amide bonds. The first-order chi connectivity index (χ1) is 14.9. The van der Waals surface area contributed by atoms with Crippen molar-refractivity contribution in [1.29, 1.82) is 0 Å². The first-order valence-corrected chi connectivity index (χ1v) is 12.3. The van der Waals surface area contributed by atoms with Crippen molar-refractivity contribution in [3.05, 3.63) is 48.1 Å². The van der Waals surface area contributed by atoms with Crippen molar-refractivity contribution < 1.29 is 9.59 Å². The van der Waals surface area contributed by atoms with Gasteiger partial charge in [-0.1, -0.05) is 51.5 Å². The van der Waals surface area contributed by atoms with E-state index in [1.165, 1.54) is 4.90 Å². The molecule has 2 unspecified atom stereocenters. The Balaban J connectivity index is 1.43. The summed E-state index contributed by atoms with van der Waals surface area (Å²) in [6.45, 7) is 6.35. The molecule has 4 rings (SSSR count). The van der Waals surface area contributed by atoms with Crippen molar-refractivity contribution in [1.82, 2.24) is 10.6 Å². The minimum atomic E-state index is -0.512. The molecule has 0 spiro atoms. The van der Waals surface area contributed by atoms with Gasteiger partial charge in [0.25, 0.3) is 5.91 Å². The van der Waals surface area contributed by atoms with Crippen LogP contribution < -0.4 is 16.0 Å². The third-order valence-corrected chi connectivity index (χ3v) is 7.76. The van der Waals surface area contributed by atoms with Crippen molar-refractivity contribution in [2.45, 2.75) is 74.7 Å². The molecule has 3 aliphatic rings. The van der Waals surface area contributed by atoms with Crippen LogP contribution in [0.15, 0.2) is 53.0 Å². The van der Waals surface area contributed by atoms with Crippen molar-refractivity contribution in [2.24, 2.45) is 11.8 Å². The Morgan fingerprint density at radius 2 is 2.03 bits per heavy atom. The Kier molecular flexibility index (Phi) is 6.75. The average Bonchev–Trinajstić information content (AvgIpc) is 3.15. The lowest BCUT2D eigenvalue weighted by Gasteiger charge is -2.33. The zero-order chi connectivity index (χ0) is 22.0. The minimum Gasteiger partial charge on any atom is -0.376 e. The number of benzene rings is 1. The molecule has 0 bridgehead atoms. The predicted octanol–water partition coefficient (Wildman–Crippen LogP) is 4.27. The van der Waals surface area contributed by atoms with E-state index in [9.17, 15) is 9.59 Å². The highest BCUT2D eigenvalue weighted by Gasteiger charge is 2.32. The van der Waals surface area contributed by atoms with Gasteiger partial charge in [-0.2, -0.15) is 0 Å². The van der Waals surface area contributed by atoms with Gasteiger partial charge in [0.15, 0.2) is 0 Å². The molecule has 5 atom stereocenters. The third kappa shape index (κ3) is 5.17. The molecular weight excluding hydrogens is 406 g/mol. The number of fused-ring (bicyclic) bond motifs is 2. The number of carbonyl (C=O) groups excluding carboxylic acids is 2. The quantitative estimate of drug-likeness (QED) is 0.619. The number of hydrogen-bond acceptors (Lipinski definition) is 4. The first-order valence-electron chi connectivity index (χ1n) is 11.4. The van der Waals surface area contributed by atoms with Crippen LogP contribution in [0.4, 0.5) is 5.69 Å². The van der Waals surface area contributed by atoms with E-state index >= 15 is 0 Å². The summed E-state index contributed by atoms with van der Waals surface area (Å²) in [7, 11) is 0. The van der Waals surface area contributed by atoms with Crippen LogP contribution >= 0.6 is 11.8 Å². The van der Waals surface area contributed by atoms with E-state index in [2.05, 4.69) is 54.9 Å². The van der Waals surface area contributed by atoms with Gasteiger partial charge in [0.05, 0.1) is 11.3 Å². The molecule has 1 aliphatic heterocycles. The molecule has 1 heterocycles. The van der Waals surface area contributed by atoms with Crippen LogP contribution in [-0.4, -0.2) is 35.2 Å². The molecule has 1 saturated carbocycles. The van der Waals surface area contributed by atoms with E-state index in [-0.39, 0.29) is 29.1 Å². The highest BCUT2D eigenvalue weighted by molar-refractivity contribution is 8.00. The zero-order valence-corrected chi connectivity index (χ0v) is 19.4. The molecule has 2 aliphatic carbocycles. The zero-order valence-electron chi connectivity index (χ0n) is 18.6. The maximum absolute atomic E-state index is 13.1. The molecule has 1 fully saturated rings. The summed E-state index contributed by atoms with van der Waals surface area (Å²) < 4.78 is 0. The van der Waals surface area contributed by atoms with Gasteiger partial charge in [0.1, 0.15) is 6.04 Å². The molecule has 0 saturated heterocycles. The summed E-state index contributed by atoms with van der Waals surface area (Å²) in [6, 6.07) is 8.01. The minimum absolute atomic E-state index is 0.0562. The van der Waals surface area contributed by atoms with E-state index in [1.807, 2.05) is 36.0 Å². The molecule has 0 aromatic heterocycles. The van der Waals surface area contributed by atoms with Gasteiger partial charge in [-0.05, 0) is 49.3 Å². The molecule has 6 heteroatoms. The first kappa shape index (κ1) is 22.0. The van der Waals surface area contributed by atoms with Crippen LogP contribution in [0.1, 0.15) is 46.5 Å². The predicted molar refractivity (Wildman–Crippen MR) is 127 cm³/mol. The van der Waals surface area contributed by atoms with Crippen molar-refractivity contribution in [3.8, 4) is 0 Å². The molecule has 1 aromatic carbocycles. The van der Waals surface area contributed by atoms with Crippen LogP contribution in [0, 0.1) is 11.8 Å². The fraction of sp³-hybridized carbons (Fsp3) is 0.520. The number of nitrogens with one attached hydrogen (secondary N) is 3. The van der Waals surface area contributed by atoms with Gasteiger partial charge in [0, 0.05) is 22.2 Å².